The van der Waals surface area contributed by atoms with Gasteiger partial charge in [-0.1, -0.05) is 34.1 Å². The molecule has 30 heavy (non-hydrogen) atoms. The van der Waals surface area contributed by atoms with E-state index in [1.54, 1.807) is 11.3 Å². The van der Waals surface area contributed by atoms with E-state index in [1.807, 2.05) is 25.7 Å². The highest BCUT2D eigenvalue weighted by molar-refractivity contribution is 7.15. The van der Waals surface area contributed by atoms with E-state index in [0.717, 1.165) is 50.4 Å². The van der Waals surface area contributed by atoms with Crippen molar-refractivity contribution in [2.75, 3.05) is 25.0 Å². The molecule has 170 valence electrons. The van der Waals surface area contributed by atoms with Gasteiger partial charge in [-0.3, -0.25) is 4.79 Å². The van der Waals surface area contributed by atoms with Crippen molar-refractivity contribution >= 4 is 22.4 Å². The van der Waals surface area contributed by atoms with E-state index < -0.39 is 6.10 Å². The highest BCUT2D eigenvalue weighted by atomic mass is 32.1. The normalized spacial score (nSPS) is 31.6. The molecule has 1 aromatic heterocycles. The number of anilines is 1. The van der Waals surface area contributed by atoms with Gasteiger partial charge in [0.05, 0.1) is 11.8 Å². The Labute approximate surface area is 186 Å². The molecule has 6 unspecified atom stereocenters. The van der Waals surface area contributed by atoms with Crippen LogP contribution in [0.4, 0.5) is 5.13 Å². The number of aromatic nitrogens is 1. The number of nitrogens with one attached hydrogen (secondary N) is 1. The van der Waals surface area contributed by atoms with Gasteiger partial charge in [0.2, 0.25) is 5.91 Å². The van der Waals surface area contributed by atoms with Gasteiger partial charge in [0.25, 0.3) is 0 Å². The molecule has 3 rings (SSSR count). The van der Waals surface area contributed by atoms with Crippen LogP contribution in [0.25, 0.3) is 0 Å². The summed E-state index contributed by atoms with van der Waals surface area (Å²) in [7, 11) is 0. The molecule has 1 heterocycles. The van der Waals surface area contributed by atoms with Crippen molar-refractivity contribution in [2.45, 2.75) is 85.7 Å². The first kappa shape index (κ1) is 23.5. The van der Waals surface area contributed by atoms with Crippen LogP contribution >= 0.6 is 11.3 Å². The Morgan fingerprint density at radius 2 is 2.07 bits per heavy atom. The number of hydrogen-bond acceptors (Lipinski definition) is 5. The van der Waals surface area contributed by atoms with Crippen molar-refractivity contribution in [1.29, 1.82) is 0 Å². The zero-order valence-electron chi connectivity index (χ0n) is 19.7. The number of unbranched alkanes of at least 4 members (excludes halogenated alkanes) is 1. The summed E-state index contributed by atoms with van der Waals surface area (Å²) in [6.45, 7) is 15.3. The van der Waals surface area contributed by atoms with Crippen LogP contribution in [0.15, 0.2) is 0 Å². The minimum atomic E-state index is -0.459. The fourth-order valence-electron chi connectivity index (χ4n) is 6.00. The summed E-state index contributed by atoms with van der Waals surface area (Å²) >= 11 is 1.80. The maximum absolute atomic E-state index is 13.0. The zero-order valence-corrected chi connectivity index (χ0v) is 20.5. The van der Waals surface area contributed by atoms with Crippen LogP contribution in [0.1, 0.15) is 83.7 Å². The largest absolute Gasteiger partial charge is 0.392 e. The first-order chi connectivity index (χ1) is 14.3. The highest BCUT2D eigenvalue weighted by Crippen LogP contribution is 2.57. The Kier molecular flexibility index (Phi) is 7.49. The van der Waals surface area contributed by atoms with Crippen LogP contribution in [-0.2, 0) is 11.2 Å². The molecule has 6 atom stereocenters. The summed E-state index contributed by atoms with van der Waals surface area (Å²) in [5.74, 6) is 0.445. The van der Waals surface area contributed by atoms with Gasteiger partial charge in [-0.15, -0.1) is 11.3 Å². The van der Waals surface area contributed by atoms with Crippen molar-refractivity contribution in [3.63, 3.8) is 0 Å². The second kappa shape index (κ2) is 9.56. The van der Waals surface area contributed by atoms with Crippen LogP contribution in [-0.4, -0.2) is 46.6 Å². The Balaban J connectivity index is 1.81. The number of carbonyl (C=O) groups excluding carboxylic acids is 1. The number of fused-ring (bicyclic) bond motifs is 2. The third-order valence-electron chi connectivity index (χ3n) is 7.84. The topological polar surface area (TPSA) is 65.5 Å². The van der Waals surface area contributed by atoms with E-state index in [2.05, 4.69) is 26.1 Å². The van der Waals surface area contributed by atoms with Gasteiger partial charge in [-0.25, -0.2) is 4.98 Å². The van der Waals surface area contributed by atoms with Crippen molar-refractivity contribution in [1.82, 2.24) is 9.88 Å². The van der Waals surface area contributed by atoms with E-state index >= 15 is 0 Å². The van der Waals surface area contributed by atoms with E-state index in [1.165, 1.54) is 17.0 Å². The molecule has 0 aromatic carbocycles. The Hall–Kier alpha value is -1.14. The van der Waals surface area contributed by atoms with Crippen molar-refractivity contribution in [3.05, 3.63) is 10.6 Å². The first-order valence-electron chi connectivity index (χ1n) is 12.0. The standard InChI is InChI=1S/C24H41N3O2S/c1-7-10-13-25-23-26-20-16(5)19-21(28)17(15(4)22(29)27(8-2)9-3)11-12-24(19,6)14-18(20)30-23/h15-17,19,21,28H,7-14H2,1-6H3,(H,25,26). The average molecular weight is 436 g/mol. The van der Waals surface area contributed by atoms with Crippen LogP contribution in [0, 0.1) is 23.2 Å². The summed E-state index contributed by atoms with van der Waals surface area (Å²) in [5, 5.41) is 16.1. The lowest BCUT2D eigenvalue weighted by Crippen LogP contribution is -2.53. The molecule has 5 nitrogen and oxygen atoms in total. The Bertz CT molecular complexity index is 732. The molecular weight excluding hydrogens is 394 g/mol. The lowest BCUT2D eigenvalue weighted by molar-refractivity contribution is -0.144. The molecule has 0 saturated heterocycles. The third-order valence-corrected chi connectivity index (χ3v) is 8.86. The smallest absolute Gasteiger partial charge is 0.225 e. The fourth-order valence-corrected chi connectivity index (χ4v) is 7.29. The second-order valence-electron chi connectivity index (χ2n) is 9.75. The number of aliphatic hydroxyl groups excluding tert-OH is 1. The lowest BCUT2D eigenvalue weighted by Gasteiger charge is -2.53. The lowest BCUT2D eigenvalue weighted by atomic mass is 9.53. The number of hydrogen-bond donors (Lipinski definition) is 2. The minimum Gasteiger partial charge on any atom is -0.392 e. The number of amides is 1. The maximum atomic E-state index is 13.0. The Morgan fingerprint density at radius 3 is 2.70 bits per heavy atom. The molecule has 2 aliphatic rings. The SMILES string of the molecule is CCCCNc1nc2c(s1)CC1(C)CCC(C(C)C(=O)N(CC)CC)C(O)C1C2C. The van der Waals surface area contributed by atoms with Crippen LogP contribution in [0.3, 0.4) is 0 Å². The molecule has 2 N–H and O–H groups in total. The van der Waals surface area contributed by atoms with Gasteiger partial charge in [-0.05, 0) is 56.8 Å². The third kappa shape index (κ3) is 4.27. The summed E-state index contributed by atoms with van der Waals surface area (Å²) in [6.07, 6.45) is 4.85. The monoisotopic (exact) mass is 435 g/mol. The number of aliphatic hydroxyl groups is 1. The summed E-state index contributed by atoms with van der Waals surface area (Å²) in [4.78, 5) is 21.2. The van der Waals surface area contributed by atoms with Crippen molar-refractivity contribution < 1.29 is 9.90 Å². The number of thiazole rings is 1. The molecule has 0 aliphatic heterocycles. The van der Waals surface area contributed by atoms with Crippen LogP contribution < -0.4 is 5.32 Å². The van der Waals surface area contributed by atoms with Crippen LogP contribution in [0.2, 0.25) is 0 Å². The first-order valence-corrected chi connectivity index (χ1v) is 12.8. The molecule has 1 aromatic rings. The van der Waals surface area contributed by atoms with Gasteiger partial charge in [-0.2, -0.15) is 0 Å². The fraction of sp³-hybridized carbons (Fsp3) is 0.833. The van der Waals surface area contributed by atoms with Gasteiger partial charge in [0.15, 0.2) is 5.13 Å². The van der Waals surface area contributed by atoms with Crippen molar-refractivity contribution in [3.8, 4) is 0 Å². The molecule has 1 amide bonds. The molecule has 1 fully saturated rings. The molecule has 1 saturated carbocycles. The second-order valence-corrected chi connectivity index (χ2v) is 10.8. The Morgan fingerprint density at radius 1 is 1.37 bits per heavy atom. The quantitative estimate of drug-likeness (QED) is 0.569. The molecular formula is C24H41N3O2S. The van der Waals surface area contributed by atoms with E-state index in [9.17, 15) is 9.90 Å². The van der Waals surface area contributed by atoms with Gasteiger partial charge >= 0.3 is 0 Å². The molecule has 6 heteroatoms. The maximum Gasteiger partial charge on any atom is 0.225 e. The zero-order chi connectivity index (χ0) is 22.1. The van der Waals surface area contributed by atoms with E-state index in [-0.39, 0.29) is 35.0 Å². The number of rotatable bonds is 8. The average Bonchev–Trinajstić information content (AvgIpc) is 3.11. The summed E-state index contributed by atoms with van der Waals surface area (Å²) in [6, 6.07) is 0. The number of nitrogens with zero attached hydrogens (tertiary/aromatic N) is 2. The molecule has 0 radical (unpaired) electrons. The van der Waals surface area contributed by atoms with Crippen LogP contribution in [0.5, 0.6) is 0 Å². The van der Waals surface area contributed by atoms with E-state index in [4.69, 9.17) is 4.98 Å². The number of carbonyl (C=O) groups is 1. The molecule has 0 bridgehead atoms. The summed E-state index contributed by atoms with van der Waals surface area (Å²) in [5.41, 5.74) is 1.25. The molecule has 0 spiro atoms. The van der Waals surface area contributed by atoms with E-state index in [0.29, 0.717) is 0 Å². The predicted octanol–water partition coefficient (Wildman–Crippen LogP) is 4.91. The van der Waals surface area contributed by atoms with Gasteiger partial charge in [0.1, 0.15) is 0 Å². The molecule has 2 aliphatic carbocycles. The predicted molar refractivity (Wildman–Crippen MR) is 125 cm³/mol. The van der Waals surface area contributed by atoms with Gasteiger partial charge in [0, 0.05) is 36.3 Å². The van der Waals surface area contributed by atoms with Gasteiger partial charge < -0.3 is 15.3 Å². The minimum absolute atomic E-state index is 0.0287. The summed E-state index contributed by atoms with van der Waals surface area (Å²) < 4.78 is 0. The van der Waals surface area contributed by atoms with Crippen molar-refractivity contribution in [2.24, 2.45) is 23.2 Å². The highest BCUT2D eigenvalue weighted by Gasteiger charge is 2.54.